The van der Waals surface area contributed by atoms with E-state index in [4.69, 9.17) is 4.52 Å². The highest BCUT2D eigenvalue weighted by Crippen LogP contribution is 2.28. The summed E-state index contributed by atoms with van der Waals surface area (Å²) in [7, 11) is 0. The lowest BCUT2D eigenvalue weighted by Crippen LogP contribution is -2.21. The van der Waals surface area contributed by atoms with Crippen LogP contribution in [0.15, 0.2) is 16.7 Å². The van der Waals surface area contributed by atoms with E-state index in [9.17, 15) is 4.79 Å². The first kappa shape index (κ1) is 17.9. The molecule has 2 N–H and O–H groups in total. The molecule has 0 spiro atoms. The zero-order valence-electron chi connectivity index (χ0n) is 13.0. The van der Waals surface area contributed by atoms with Crippen LogP contribution in [0.5, 0.6) is 0 Å². The Labute approximate surface area is 145 Å². The smallest absolute Gasteiger partial charge is 0.268 e. The molecule has 1 saturated heterocycles. The van der Waals surface area contributed by atoms with E-state index in [0.29, 0.717) is 12.4 Å². The first-order chi connectivity index (χ1) is 10.7. The minimum atomic E-state index is -0.0329. The molecule has 1 aliphatic rings. The van der Waals surface area contributed by atoms with E-state index in [1.54, 1.807) is 11.3 Å². The van der Waals surface area contributed by atoms with Gasteiger partial charge >= 0.3 is 0 Å². The molecule has 23 heavy (non-hydrogen) atoms. The molecule has 0 saturated carbocycles. The van der Waals surface area contributed by atoms with Gasteiger partial charge in [-0.2, -0.15) is 4.98 Å². The van der Waals surface area contributed by atoms with Crippen molar-refractivity contribution in [3.05, 3.63) is 22.8 Å². The number of amides is 1. The van der Waals surface area contributed by atoms with Crippen molar-refractivity contribution in [3.8, 4) is 10.8 Å². The van der Waals surface area contributed by atoms with Gasteiger partial charge in [0.2, 0.25) is 5.91 Å². The van der Waals surface area contributed by atoms with Crippen LogP contribution in [0, 0.1) is 0 Å². The summed E-state index contributed by atoms with van der Waals surface area (Å²) in [5.74, 6) is 1.27. The van der Waals surface area contributed by atoms with Crippen LogP contribution in [-0.2, 0) is 11.3 Å². The van der Waals surface area contributed by atoms with Gasteiger partial charge < -0.3 is 15.2 Å². The fraction of sp³-hybridized carbons (Fsp3) is 0.533. The summed E-state index contributed by atoms with van der Waals surface area (Å²) in [5, 5.41) is 10.4. The molecule has 6 nitrogen and oxygen atoms in total. The minimum Gasteiger partial charge on any atom is -0.351 e. The van der Waals surface area contributed by atoms with Gasteiger partial charge in [-0.1, -0.05) is 18.0 Å². The Kier molecular flexibility index (Phi) is 6.56. The van der Waals surface area contributed by atoms with Gasteiger partial charge in [-0.25, -0.2) is 0 Å². The Balaban J connectivity index is 0.00000192. The predicted octanol–water partition coefficient (Wildman–Crippen LogP) is 3.06. The van der Waals surface area contributed by atoms with Crippen molar-refractivity contribution in [1.29, 1.82) is 0 Å². The molecule has 126 valence electrons. The summed E-state index contributed by atoms with van der Waals surface area (Å²) in [4.78, 5) is 17.5. The summed E-state index contributed by atoms with van der Waals surface area (Å²) in [6.45, 7) is 3.05. The van der Waals surface area contributed by atoms with Crippen LogP contribution in [0.1, 0.15) is 49.4 Å². The third-order valence-electron chi connectivity index (χ3n) is 3.70. The summed E-state index contributed by atoms with van der Waals surface area (Å²) < 4.78 is 5.41. The quantitative estimate of drug-likeness (QED) is 0.880. The van der Waals surface area contributed by atoms with Crippen LogP contribution < -0.4 is 10.6 Å². The maximum Gasteiger partial charge on any atom is 0.268 e. The summed E-state index contributed by atoms with van der Waals surface area (Å²) in [6.07, 6.45) is 4.71. The normalized spacial score (nSPS) is 18.0. The molecule has 2 aromatic rings. The Morgan fingerprint density at radius 1 is 1.43 bits per heavy atom. The second kappa shape index (κ2) is 8.42. The highest BCUT2D eigenvalue weighted by molar-refractivity contribution is 7.15. The molecule has 1 aliphatic heterocycles. The minimum absolute atomic E-state index is 0. The van der Waals surface area contributed by atoms with Crippen LogP contribution in [0.2, 0.25) is 0 Å². The molecule has 1 amide bonds. The molecule has 1 unspecified atom stereocenters. The van der Waals surface area contributed by atoms with Crippen molar-refractivity contribution < 1.29 is 9.32 Å². The molecular weight excluding hydrogens is 336 g/mol. The Hall–Kier alpha value is -1.44. The molecule has 0 aliphatic carbocycles. The topological polar surface area (TPSA) is 80.0 Å². The van der Waals surface area contributed by atoms with Gasteiger partial charge in [0.25, 0.3) is 5.89 Å². The van der Waals surface area contributed by atoms with Crippen molar-refractivity contribution in [2.75, 3.05) is 6.54 Å². The number of halogens is 1. The van der Waals surface area contributed by atoms with E-state index in [2.05, 4.69) is 20.8 Å². The maximum absolute atomic E-state index is 10.9. The monoisotopic (exact) mass is 356 g/mol. The molecule has 0 aromatic carbocycles. The number of nitrogens with one attached hydrogen (secondary N) is 2. The van der Waals surface area contributed by atoms with E-state index in [0.717, 1.165) is 28.5 Å². The van der Waals surface area contributed by atoms with Gasteiger partial charge in [-0.05, 0) is 31.5 Å². The number of carbonyl (C=O) groups excluding carboxylic acids is 1. The number of hydrogen-bond acceptors (Lipinski definition) is 6. The average Bonchev–Trinajstić information content (AvgIpc) is 3.08. The molecule has 1 fully saturated rings. The van der Waals surface area contributed by atoms with Crippen LogP contribution >= 0.6 is 23.7 Å². The number of hydrogen-bond donors (Lipinski definition) is 2. The highest BCUT2D eigenvalue weighted by Gasteiger charge is 2.20. The van der Waals surface area contributed by atoms with E-state index in [1.165, 1.54) is 26.2 Å². The lowest BCUT2D eigenvalue weighted by molar-refractivity contribution is -0.119. The van der Waals surface area contributed by atoms with Crippen molar-refractivity contribution in [3.63, 3.8) is 0 Å². The average molecular weight is 357 g/mol. The molecule has 8 heteroatoms. The maximum atomic E-state index is 10.9. The SMILES string of the molecule is CC(=O)NCc1ccc(-c2nc(C3CCCCCN3)no2)s1.Cl. The molecule has 3 rings (SSSR count). The van der Waals surface area contributed by atoms with Crippen LogP contribution in [0.3, 0.4) is 0 Å². The fourth-order valence-electron chi connectivity index (χ4n) is 2.52. The number of nitrogens with zero attached hydrogens (tertiary/aromatic N) is 2. The lowest BCUT2D eigenvalue weighted by Gasteiger charge is -2.09. The molecule has 0 radical (unpaired) electrons. The Morgan fingerprint density at radius 2 is 2.30 bits per heavy atom. The largest absolute Gasteiger partial charge is 0.351 e. The van der Waals surface area contributed by atoms with E-state index in [1.807, 2.05) is 12.1 Å². The summed E-state index contributed by atoms with van der Waals surface area (Å²) in [5.41, 5.74) is 0. The molecular formula is C15H21ClN4O2S. The third-order valence-corrected chi connectivity index (χ3v) is 4.77. The summed E-state index contributed by atoms with van der Waals surface area (Å²) >= 11 is 1.56. The predicted molar refractivity (Wildman–Crippen MR) is 91.6 cm³/mol. The third kappa shape index (κ3) is 4.76. The van der Waals surface area contributed by atoms with E-state index >= 15 is 0 Å². The first-order valence-electron chi connectivity index (χ1n) is 7.63. The van der Waals surface area contributed by atoms with Gasteiger partial charge in [0.1, 0.15) is 0 Å². The van der Waals surface area contributed by atoms with Crippen LogP contribution in [-0.4, -0.2) is 22.6 Å². The van der Waals surface area contributed by atoms with E-state index < -0.39 is 0 Å². The van der Waals surface area contributed by atoms with Gasteiger partial charge in [0, 0.05) is 11.8 Å². The van der Waals surface area contributed by atoms with Gasteiger partial charge in [-0.3, -0.25) is 4.79 Å². The first-order valence-corrected chi connectivity index (χ1v) is 8.44. The molecule has 2 aromatic heterocycles. The van der Waals surface area contributed by atoms with Crippen molar-refractivity contribution in [2.24, 2.45) is 0 Å². The van der Waals surface area contributed by atoms with Crippen molar-refractivity contribution >= 4 is 29.7 Å². The number of rotatable bonds is 4. The molecule has 1 atom stereocenters. The van der Waals surface area contributed by atoms with Gasteiger partial charge in [-0.15, -0.1) is 23.7 Å². The van der Waals surface area contributed by atoms with E-state index in [-0.39, 0.29) is 24.4 Å². The number of thiophene rings is 1. The Morgan fingerprint density at radius 3 is 3.13 bits per heavy atom. The number of carbonyl (C=O) groups is 1. The molecule has 3 heterocycles. The summed E-state index contributed by atoms with van der Waals surface area (Å²) in [6, 6.07) is 4.13. The highest BCUT2D eigenvalue weighted by atomic mass is 35.5. The second-order valence-electron chi connectivity index (χ2n) is 5.49. The Bertz CT molecular complexity index is 635. The zero-order chi connectivity index (χ0) is 15.4. The fourth-order valence-corrected chi connectivity index (χ4v) is 3.39. The van der Waals surface area contributed by atoms with Crippen LogP contribution in [0.4, 0.5) is 0 Å². The van der Waals surface area contributed by atoms with Crippen LogP contribution in [0.25, 0.3) is 10.8 Å². The number of aromatic nitrogens is 2. The van der Waals surface area contributed by atoms with Crippen molar-refractivity contribution in [2.45, 2.75) is 45.2 Å². The lowest BCUT2D eigenvalue weighted by atomic mass is 10.1. The zero-order valence-corrected chi connectivity index (χ0v) is 14.6. The standard InChI is InChI=1S/C15H20N4O2S.ClH/c1-10(20)17-9-11-6-7-13(22-11)15-18-14(19-21-15)12-5-3-2-4-8-16-12;/h6-7,12,16H,2-5,8-9H2,1H3,(H,17,20);1H. The molecule has 0 bridgehead atoms. The second-order valence-corrected chi connectivity index (χ2v) is 6.66. The van der Waals surface area contributed by atoms with Gasteiger partial charge in [0.05, 0.1) is 17.5 Å². The van der Waals surface area contributed by atoms with Crippen molar-refractivity contribution in [1.82, 2.24) is 20.8 Å². The van der Waals surface area contributed by atoms with Gasteiger partial charge in [0.15, 0.2) is 5.82 Å².